The van der Waals surface area contributed by atoms with Crippen LogP contribution in [0.4, 0.5) is 5.69 Å². The van der Waals surface area contributed by atoms with Gasteiger partial charge in [-0.3, -0.25) is 4.79 Å². The van der Waals surface area contributed by atoms with Gasteiger partial charge in [-0.1, -0.05) is 25.5 Å². The van der Waals surface area contributed by atoms with E-state index >= 15 is 0 Å². The molecule has 0 atom stereocenters. The Balaban J connectivity index is 2.08. The van der Waals surface area contributed by atoms with Crippen LogP contribution in [0.25, 0.3) is 0 Å². The number of benzene rings is 2. The summed E-state index contributed by atoms with van der Waals surface area (Å²) >= 11 is 0. The van der Waals surface area contributed by atoms with Gasteiger partial charge >= 0.3 is 0 Å². The molecule has 2 aromatic rings. The predicted molar refractivity (Wildman–Crippen MR) is 78.2 cm³/mol. The molecule has 0 saturated heterocycles. The molecule has 2 aromatic carbocycles. The van der Waals surface area contributed by atoms with E-state index in [1.54, 1.807) is 0 Å². The van der Waals surface area contributed by atoms with Gasteiger partial charge < -0.3 is 15.5 Å². The second kappa shape index (κ2) is 6.10. The standard InChI is InChI=1S/C16H17NO3/c1-2-3-11-4-7-13(8-5-11)17-16(20)12-6-9-14(18)15(19)10-12/h4-10,18-19H,2-3H2,1H3,(H,17,20). The molecule has 0 bridgehead atoms. The summed E-state index contributed by atoms with van der Waals surface area (Å²) < 4.78 is 0. The van der Waals surface area contributed by atoms with E-state index in [1.807, 2.05) is 24.3 Å². The van der Waals surface area contributed by atoms with Crippen LogP contribution in [0, 0.1) is 0 Å². The van der Waals surface area contributed by atoms with E-state index in [9.17, 15) is 15.0 Å². The van der Waals surface area contributed by atoms with Crippen molar-refractivity contribution in [1.29, 1.82) is 0 Å². The average molecular weight is 271 g/mol. The number of hydrogen-bond acceptors (Lipinski definition) is 3. The summed E-state index contributed by atoms with van der Waals surface area (Å²) in [5.74, 6) is -0.884. The number of hydrogen-bond donors (Lipinski definition) is 3. The van der Waals surface area contributed by atoms with Crippen LogP contribution in [-0.4, -0.2) is 16.1 Å². The number of aryl methyl sites for hydroxylation is 1. The molecule has 0 radical (unpaired) electrons. The van der Waals surface area contributed by atoms with Crippen LogP contribution in [0.3, 0.4) is 0 Å². The van der Waals surface area contributed by atoms with Crippen molar-refractivity contribution in [2.45, 2.75) is 19.8 Å². The van der Waals surface area contributed by atoms with Gasteiger partial charge in [0.2, 0.25) is 0 Å². The Morgan fingerprint density at radius 1 is 1.05 bits per heavy atom. The minimum Gasteiger partial charge on any atom is -0.504 e. The molecule has 1 amide bonds. The van der Waals surface area contributed by atoms with Crippen LogP contribution in [0.2, 0.25) is 0 Å². The quantitative estimate of drug-likeness (QED) is 0.747. The number of amides is 1. The van der Waals surface area contributed by atoms with Crippen molar-refractivity contribution in [2.24, 2.45) is 0 Å². The SMILES string of the molecule is CCCc1ccc(NC(=O)c2ccc(O)c(O)c2)cc1. The molecule has 20 heavy (non-hydrogen) atoms. The molecule has 0 heterocycles. The Bertz CT molecular complexity index is 606. The Labute approximate surface area is 117 Å². The third-order valence-electron chi connectivity index (χ3n) is 2.99. The molecule has 3 N–H and O–H groups in total. The minimum absolute atomic E-state index is 0.245. The first-order valence-corrected chi connectivity index (χ1v) is 6.52. The first-order valence-electron chi connectivity index (χ1n) is 6.52. The molecular weight excluding hydrogens is 254 g/mol. The molecule has 0 unspecified atom stereocenters. The van der Waals surface area contributed by atoms with Crippen molar-refractivity contribution in [3.63, 3.8) is 0 Å². The predicted octanol–water partition coefficient (Wildman–Crippen LogP) is 3.30. The molecule has 0 saturated carbocycles. The molecule has 104 valence electrons. The van der Waals surface area contributed by atoms with Crippen LogP contribution in [0.1, 0.15) is 29.3 Å². The van der Waals surface area contributed by atoms with Gasteiger partial charge in [0, 0.05) is 11.3 Å². The van der Waals surface area contributed by atoms with Crippen LogP contribution in [0.15, 0.2) is 42.5 Å². The van der Waals surface area contributed by atoms with Gasteiger partial charge in [0.1, 0.15) is 0 Å². The minimum atomic E-state index is -0.330. The van der Waals surface area contributed by atoms with Gasteiger partial charge in [-0.15, -0.1) is 0 Å². The normalized spacial score (nSPS) is 10.2. The van der Waals surface area contributed by atoms with Gasteiger partial charge in [-0.2, -0.15) is 0 Å². The lowest BCUT2D eigenvalue weighted by molar-refractivity contribution is 0.102. The van der Waals surface area contributed by atoms with E-state index in [1.165, 1.54) is 23.8 Å². The second-order valence-corrected chi connectivity index (χ2v) is 4.60. The molecular formula is C16H17NO3. The number of rotatable bonds is 4. The largest absolute Gasteiger partial charge is 0.504 e. The number of carbonyl (C=O) groups is 1. The summed E-state index contributed by atoms with van der Waals surface area (Å²) in [7, 11) is 0. The van der Waals surface area contributed by atoms with Gasteiger partial charge in [0.15, 0.2) is 11.5 Å². The van der Waals surface area contributed by atoms with Gasteiger partial charge in [0.05, 0.1) is 0 Å². The second-order valence-electron chi connectivity index (χ2n) is 4.60. The molecule has 0 spiro atoms. The van der Waals surface area contributed by atoms with Crippen molar-refractivity contribution in [1.82, 2.24) is 0 Å². The zero-order valence-corrected chi connectivity index (χ0v) is 11.3. The summed E-state index contributed by atoms with van der Waals surface area (Å²) in [6, 6.07) is 11.6. The zero-order chi connectivity index (χ0) is 14.5. The summed E-state index contributed by atoms with van der Waals surface area (Å²) in [6.45, 7) is 2.12. The first kappa shape index (κ1) is 13.9. The third-order valence-corrected chi connectivity index (χ3v) is 2.99. The Morgan fingerprint density at radius 3 is 2.35 bits per heavy atom. The Morgan fingerprint density at radius 2 is 1.75 bits per heavy atom. The molecule has 4 nitrogen and oxygen atoms in total. The van der Waals surface area contributed by atoms with E-state index in [0.29, 0.717) is 5.69 Å². The van der Waals surface area contributed by atoms with E-state index in [2.05, 4.69) is 12.2 Å². The van der Waals surface area contributed by atoms with Crippen LogP contribution in [0.5, 0.6) is 11.5 Å². The summed E-state index contributed by atoms with van der Waals surface area (Å²) in [4.78, 5) is 12.0. The Hall–Kier alpha value is -2.49. The molecule has 2 rings (SSSR count). The van der Waals surface area contributed by atoms with Crippen molar-refractivity contribution in [3.8, 4) is 11.5 Å². The summed E-state index contributed by atoms with van der Waals surface area (Å²) in [5, 5.41) is 21.3. The topological polar surface area (TPSA) is 69.6 Å². The van der Waals surface area contributed by atoms with Crippen molar-refractivity contribution in [2.75, 3.05) is 5.32 Å². The van der Waals surface area contributed by atoms with E-state index in [-0.39, 0.29) is 23.0 Å². The molecule has 0 aliphatic carbocycles. The highest BCUT2D eigenvalue weighted by atomic mass is 16.3. The van der Waals surface area contributed by atoms with Crippen LogP contribution < -0.4 is 5.32 Å². The van der Waals surface area contributed by atoms with Gasteiger partial charge in [-0.25, -0.2) is 0 Å². The molecule has 0 aromatic heterocycles. The zero-order valence-electron chi connectivity index (χ0n) is 11.3. The first-order chi connectivity index (χ1) is 9.60. The highest BCUT2D eigenvalue weighted by Gasteiger charge is 2.09. The number of carbonyl (C=O) groups excluding carboxylic acids is 1. The Kier molecular flexibility index (Phi) is 4.25. The van der Waals surface area contributed by atoms with Crippen molar-refractivity contribution >= 4 is 11.6 Å². The van der Waals surface area contributed by atoms with Crippen LogP contribution >= 0.6 is 0 Å². The smallest absolute Gasteiger partial charge is 0.255 e. The van der Waals surface area contributed by atoms with Gasteiger partial charge in [0.25, 0.3) is 5.91 Å². The number of phenols is 2. The fourth-order valence-corrected chi connectivity index (χ4v) is 1.91. The van der Waals surface area contributed by atoms with E-state index in [4.69, 9.17) is 0 Å². The van der Waals surface area contributed by atoms with E-state index < -0.39 is 0 Å². The monoisotopic (exact) mass is 271 g/mol. The molecule has 0 aliphatic rings. The highest BCUT2D eigenvalue weighted by molar-refractivity contribution is 6.04. The maximum atomic E-state index is 12.0. The lowest BCUT2D eigenvalue weighted by atomic mass is 10.1. The lowest BCUT2D eigenvalue weighted by Crippen LogP contribution is -2.11. The van der Waals surface area contributed by atoms with Crippen molar-refractivity contribution < 1.29 is 15.0 Å². The lowest BCUT2D eigenvalue weighted by Gasteiger charge is -2.07. The number of aromatic hydroxyl groups is 2. The van der Waals surface area contributed by atoms with Crippen molar-refractivity contribution in [3.05, 3.63) is 53.6 Å². The number of anilines is 1. The maximum Gasteiger partial charge on any atom is 0.255 e. The number of phenolic OH excluding ortho intramolecular Hbond substituents is 2. The van der Waals surface area contributed by atoms with Crippen LogP contribution in [-0.2, 0) is 6.42 Å². The van der Waals surface area contributed by atoms with E-state index in [0.717, 1.165) is 12.8 Å². The third kappa shape index (κ3) is 3.29. The number of nitrogens with one attached hydrogen (secondary N) is 1. The van der Waals surface area contributed by atoms with Gasteiger partial charge in [-0.05, 0) is 42.3 Å². The summed E-state index contributed by atoms with van der Waals surface area (Å²) in [5.41, 5.74) is 2.22. The molecule has 0 fully saturated rings. The fourth-order valence-electron chi connectivity index (χ4n) is 1.91. The fraction of sp³-hybridized carbons (Fsp3) is 0.188. The average Bonchev–Trinajstić information content (AvgIpc) is 2.44. The summed E-state index contributed by atoms with van der Waals surface area (Å²) in [6.07, 6.45) is 2.10. The highest BCUT2D eigenvalue weighted by Crippen LogP contribution is 2.25. The molecule has 0 aliphatic heterocycles. The maximum absolute atomic E-state index is 12.0. The molecule has 4 heteroatoms.